The number of rotatable bonds is 2. The van der Waals surface area contributed by atoms with Gasteiger partial charge < -0.3 is 10.0 Å². The van der Waals surface area contributed by atoms with Crippen LogP contribution in [0.15, 0.2) is 12.1 Å². The average molecular weight is 301 g/mol. The number of likely N-dealkylation sites (tertiary alicyclic amines) is 1. The highest BCUT2D eigenvalue weighted by atomic mass is 19.2. The molecule has 0 bridgehead atoms. The number of nitrogens with zero attached hydrogens (tertiary/aromatic N) is 1. The first-order valence-corrected chi connectivity index (χ1v) is 6.46. The second-order valence-electron chi connectivity index (χ2n) is 5.31. The topological polar surface area (TPSA) is 57.6 Å². The van der Waals surface area contributed by atoms with E-state index in [2.05, 4.69) is 0 Å². The molecule has 1 aromatic rings. The molecule has 0 radical (unpaired) electrons. The van der Waals surface area contributed by atoms with Crippen molar-refractivity contribution in [2.75, 3.05) is 13.1 Å². The Morgan fingerprint density at radius 2 is 1.86 bits per heavy atom. The van der Waals surface area contributed by atoms with Gasteiger partial charge in [-0.1, -0.05) is 6.92 Å². The Kier molecular flexibility index (Phi) is 4.20. The van der Waals surface area contributed by atoms with E-state index in [-0.39, 0.29) is 19.0 Å². The highest BCUT2D eigenvalue weighted by Crippen LogP contribution is 2.25. The number of halogens is 3. The maximum absolute atomic E-state index is 13.6. The summed E-state index contributed by atoms with van der Waals surface area (Å²) in [6.07, 6.45) is 0.416. The zero-order valence-corrected chi connectivity index (χ0v) is 11.3. The van der Waals surface area contributed by atoms with Crippen LogP contribution in [-0.4, -0.2) is 35.0 Å². The Bertz CT molecular complexity index is 591. The van der Waals surface area contributed by atoms with Crippen molar-refractivity contribution in [2.24, 2.45) is 11.8 Å². The molecular weight excluding hydrogens is 287 g/mol. The minimum atomic E-state index is -1.71. The molecule has 2 rings (SSSR count). The highest BCUT2D eigenvalue weighted by Gasteiger charge is 2.33. The molecule has 1 saturated heterocycles. The largest absolute Gasteiger partial charge is 0.481 e. The van der Waals surface area contributed by atoms with Crippen molar-refractivity contribution in [3.8, 4) is 0 Å². The lowest BCUT2D eigenvalue weighted by atomic mass is 9.90. The van der Waals surface area contributed by atoms with Gasteiger partial charge in [0.1, 0.15) is 0 Å². The summed E-state index contributed by atoms with van der Waals surface area (Å²) in [7, 11) is 0. The Balaban J connectivity index is 2.27. The minimum Gasteiger partial charge on any atom is -0.481 e. The van der Waals surface area contributed by atoms with E-state index in [0.717, 1.165) is 6.07 Å². The van der Waals surface area contributed by atoms with Crippen LogP contribution >= 0.6 is 0 Å². The molecule has 1 aliphatic heterocycles. The normalized spacial score (nSPS) is 22.2. The fourth-order valence-corrected chi connectivity index (χ4v) is 2.56. The third kappa shape index (κ3) is 3.01. The van der Waals surface area contributed by atoms with E-state index in [0.29, 0.717) is 12.5 Å². The summed E-state index contributed by atoms with van der Waals surface area (Å²) in [4.78, 5) is 24.4. The number of carboxylic acids is 1. The second kappa shape index (κ2) is 5.75. The number of piperidine rings is 1. The Labute approximate surface area is 119 Å². The van der Waals surface area contributed by atoms with Crippen LogP contribution in [0.25, 0.3) is 0 Å². The van der Waals surface area contributed by atoms with Gasteiger partial charge in [0, 0.05) is 13.1 Å². The van der Waals surface area contributed by atoms with Gasteiger partial charge in [0.25, 0.3) is 5.91 Å². The van der Waals surface area contributed by atoms with Gasteiger partial charge in [-0.3, -0.25) is 9.59 Å². The summed E-state index contributed by atoms with van der Waals surface area (Å²) in [5.41, 5.74) is -0.591. The Hall–Kier alpha value is -2.05. The Morgan fingerprint density at radius 3 is 2.48 bits per heavy atom. The van der Waals surface area contributed by atoms with E-state index in [1.807, 2.05) is 0 Å². The highest BCUT2D eigenvalue weighted by molar-refractivity contribution is 5.95. The Morgan fingerprint density at radius 1 is 1.19 bits per heavy atom. The standard InChI is InChI=1S/C14H14F3NO3/c1-7-4-8(14(20)21)6-18(5-7)13(19)9-2-3-10(15)12(17)11(9)16/h2-3,7-8H,4-6H2,1H3,(H,20,21). The molecule has 0 saturated carbocycles. The molecule has 1 heterocycles. The summed E-state index contributed by atoms with van der Waals surface area (Å²) in [5.74, 6) is -7.32. The molecule has 2 atom stereocenters. The second-order valence-corrected chi connectivity index (χ2v) is 5.31. The third-order valence-corrected chi connectivity index (χ3v) is 3.56. The van der Waals surface area contributed by atoms with Crippen molar-refractivity contribution < 1.29 is 27.9 Å². The number of benzene rings is 1. The van der Waals surface area contributed by atoms with Crippen molar-refractivity contribution in [3.05, 3.63) is 35.1 Å². The molecule has 1 N–H and O–H groups in total. The maximum Gasteiger partial charge on any atom is 0.308 e. The van der Waals surface area contributed by atoms with Crippen LogP contribution in [0, 0.1) is 29.3 Å². The summed E-state index contributed by atoms with van der Waals surface area (Å²) < 4.78 is 39.7. The van der Waals surface area contributed by atoms with Gasteiger partial charge in [0.05, 0.1) is 11.5 Å². The van der Waals surface area contributed by atoms with Gasteiger partial charge >= 0.3 is 5.97 Å². The lowest BCUT2D eigenvalue weighted by Crippen LogP contribution is -2.45. The first kappa shape index (κ1) is 15.3. The van der Waals surface area contributed by atoms with E-state index in [4.69, 9.17) is 5.11 Å². The van der Waals surface area contributed by atoms with Crippen LogP contribution in [0.5, 0.6) is 0 Å². The van der Waals surface area contributed by atoms with Crippen LogP contribution in [0.1, 0.15) is 23.7 Å². The van der Waals surface area contributed by atoms with Gasteiger partial charge in [0.2, 0.25) is 0 Å². The maximum atomic E-state index is 13.6. The molecule has 2 unspecified atom stereocenters. The van der Waals surface area contributed by atoms with Crippen molar-refractivity contribution in [3.63, 3.8) is 0 Å². The monoisotopic (exact) mass is 301 g/mol. The molecule has 1 amide bonds. The molecular formula is C14H14F3NO3. The minimum absolute atomic E-state index is 0.0721. The number of hydrogen-bond donors (Lipinski definition) is 1. The fraction of sp³-hybridized carbons (Fsp3) is 0.429. The van der Waals surface area contributed by atoms with Crippen molar-refractivity contribution >= 4 is 11.9 Å². The zero-order chi connectivity index (χ0) is 15.7. The lowest BCUT2D eigenvalue weighted by Gasteiger charge is -2.34. The van der Waals surface area contributed by atoms with Crippen LogP contribution < -0.4 is 0 Å². The molecule has 4 nitrogen and oxygen atoms in total. The van der Waals surface area contributed by atoms with Crippen LogP contribution in [-0.2, 0) is 4.79 Å². The predicted molar refractivity (Wildman–Crippen MR) is 67.1 cm³/mol. The SMILES string of the molecule is CC1CC(C(=O)O)CN(C(=O)c2ccc(F)c(F)c2F)C1. The third-order valence-electron chi connectivity index (χ3n) is 3.56. The smallest absolute Gasteiger partial charge is 0.308 e. The van der Waals surface area contributed by atoms with Gasteiger partial charge in [0.15, 0.2) is 17.5 Å². The number of hydrogen-bond acceptors (Lipinski definition) is 2. The number of amides is 1. The number of aliphatic carboxylic acids is 1. The zero-order valence-electron chi connectivity index (χ0n) is 11.3. The first-order valence-electron chi connectivity index (χ1n) is 6.46. The van der Waals surface area contributed by atoms with E-state index in [1.165, 1.54) is 4.90 Å². The predicted octanol–water partition coefficient (Wildman–Crippen LogP) is 2.29. The molecule has 7 heteroatoms. The van der Waals surface area contributed by atoms with Crippen LogP contribution in [0.2, 0.25) is 0 Å². The molecule has 0 aromatic heterocycles. The van der Waals surface area contributed by atoms with Gasteiger partial charge in [-0.05, 0) is 24.5 Å². The summed E-state index contributed by atoms with van der Waals surface area (Å²) >= 11 is 0. The lowest BCUT2D eigenvalue weighted by molar-refractivity contribution is -0.143. The van der Waals surface area contributed by atoms with E-state index >= 15 is 0 Å². The first-order chi connectivity index (χ1) is 9.81. The molecule has 1 fully saturated rings. The summed E-state index contributed by atoms with van der Waals surface area (Å²) in [6.45, 7) is 1.95. The molecule has 1 aliphatic rings. The average Bonchev–Trinajstić information content (AvgIpc) is 2.43. The number of carbonyl (C=O) groups is 2. The quantitative estimate of drug-likeness (QED) is 0.853. The molecule has 114 valence electrons. The van der Waals surface area contributed by atoms with E-state index in [1.54, 1.807) is 6.92 Å². The molecule has 21 heavy (non-hydrogen) atoms. The summed E-state index contributed by atoms with van der Waals surface area (Å²) in [5, 5.41) is 9.04. The number of carbonyl (C=O) groups excluding carboxylic acids is 1. The summed E-state index contributed by atoms with van der Waals surface area (Å²) in [6, 6.07) is 1.54. The molecule has 0 spiro atoms. The van der Waals surface area contributed by atoms with Gasteiger partial charge in [-0.15, -0.1) is 0 Å². The fourth-order valence-electron chi connectivity index (χ4n) is 2.56. The van der Waals surface area contributed by atoms with E-state index < -0.39 is 40.8 Å². The molecule has 0 aliphatic carbocycles. The van der Waals surface area contributed by atoms with Crippen LogP contribution in [0.4, 0.5) is 13.2 Å². The van der Waals surface area contributed by atoms with Gasteiger partial charge in [-0.25, -0.2) is 13.2 Å². The van der Waals surface area contributed by atoms with E-state index in [9.17, 15) is 22.8 Å². The van der Waals surface area contributed by atoms with Crippen LogP contribution in [0.3, 0.4) is 0 Å². The number of carboxylic acid groups (broad SMARTS) is 1. The van der Waals surface area contributed by atoms with Crippen molar-refractivity contribution in [1.82, 2.24) is 4.90 Å². The molecule has 1 aromatic carbocycles. The van der Waals surface area contributed by atoms with Crippen molar-refractivity contribution in [2.45, 2.75) is 13.3 Å². The van der Waals surface area contributed by atoms with Gasteiger partial charge in [-0.2, -0.15) is 0 Å². The van der Waals surface area contributed by atoms with Crippen molar-refractivity contribution in [1.29, 1.82) is 0 Å².